The summed E-state index contributed by atoms with van der Waals surface area (Å²) < 4.78 is 0. The lowest BCUT2D eigenvalue weighted by Gasteiger charge is -2.39. The van der Waals surface area contributed by atoms with Gasteiger partial charge in [-0.25, -0.2) is 0 Å². The molecule has 1 aromatic carbocycles. The lowest BCUT2D eigenvalue weighted by molar-refractivity contribution is -0.129. The van der Waals surface area contributed by atoms with Crippen LogP contribution in [0.5, 0.6) is 0 Å². The number of hydrogen-bond donors (Lipinski definition) is 0. The number of ketones is 1. The summed E-state index contributed by atoms with van der Waals surface area (Å²) in [6.45, 7) is 6.05. The Balaban J connectivity index is 2.09. The molecule has 0 saturated carbocycles. The standard InChI is InChI=1S/C16H21Cl2NO/c1-16(2,19-8-4-3-5-9-19)15(20)10-12-6-7-13(17)11-14(12)18/h6-7,11H,3-5,8-10H2,1-2H3. The largest absolute Gasteiger partial charge is 0.297 e. The maximum Gasteiger partial charge on any atom is 0.156 e. The molecule has 4 heteroatoms. The summed E-state index contributed by atoms with van der Waals surface area (Å²) in [5.74, 6) is 0.212. The Kier molecular flexibility index (Phi) is 5.11. The molecule has 1 aliphatic heterocycles. The zero-order valence-corrected chi connectivity index (χ0v) is 13.6. The van der Waals surface area contributed by atoms with Gasteiger partial charge in [-0.05, 0) is 57.5 Å². The fourth-order valence-corrected chi connectivity index (χ4v) is 3.16. The summed E-state index contributed by atoms with van der Waals surface area (Å²) in [5, 5.41) is 1.17. The number of likely N-dealkylation sites (tertiary alicyclic amines) is 1. The quantitative estimate of drug-likeness (QED) is 0.822. The predicted molar refractivity (Wildman–Crippen MR) is 84.7 cm³/mol. The van der Waals surface area contributed by atoms with Crippen molar-refractivity contribution in [2.75, 3.05) is 13.1 Å². The van der Waals surface area contributed by atoms with E-state index >= 15 is 0 Å². The van der Waals surface area contributed by atoms with Gasteiger partial charge < -0.3 is 0 Å². The van der Waals surface area contributed by atoms with Crippen LogP contribution in [0.25, 0.3) is 0 Å². The highest BCUT2D eigenvalue weighted by molar-refractivity contribution is 6.35. The number of rotatable bonds is 4. The summed E-state index contributed by atoms with van der Waals surface area (Å²) in [5.41, 5.74) is 0.426. The van der Waals surface area contributed by atoms with Crippen molar-refractivity contribution < 1.29 is 4.79 Å². The third-order valence-electron chi connectivity index (χ3n) is 4.20. The van der Waals surface area contributed by atoms with Crippen molar-refractivity contribution in [1.82, 2.24) is 4.90 Å². The van der Waals surface area contributed by atoms with Crippen LogP contribution in [-0.2, 0) is 11.2 Å². The fraction of sp³-hybridized carbons (Fsp3) is 0.562. The Bertz CT molecular complexity index is 493. The van der Waals surface area contributed by atoms with Crippen molar-refractivity contribution >= 4 is 29.0 Å². The molecule has 110 valence electrons. The van der Waals surface area contributed by atoms with E-state index in [0.29, 0.717) is 16.5 Å². The van der Waals surface area contributed by atoms with E-state index in [1.807, 2.05) is 19.9 Å². The van der Waals surface area contributed by atoms with Gasteiger partial charge in [0, 0.05) is 16.5 Å². The third kappa shape index (κ3) is 3.55. The predicted octanol–water partition coefficient (Wildman–Crippen LogP) is 4.37. The first-order chi connectivity index (χ1) is 9.41. The molecule has 0 atom stereocenters. The van der Waals surface area contributed by atoms with Crippen molar-refractivity contribution in [2.24, 2.45) is 0 Å². The Labute approximate surface area is 131 Å². The van der Waals surface area contributed by atoms with E-state index in [0.717, 1.165) is 18.7 Å². The smallest absolute Gasteiger partial charge is 0.156 e. The van der Waals surface area contributed by atoms with Gasteiger partial charge in [-0.2, -0.15) is 0 Å². The molecular formula is C16H21Cl2NO. The molecule has 1 heterocycles. The van der Waals surface area contributed by atoms with E-state index in [1.165, 1.54) is 19.3 Å². The molecule has 0 unspecified atom stereocenters. The highest BCUT2D eigenvalue weighted by atomic mass is 35.5. The van der Waals surface area contributed by atoms with Gasteiger partial charge in [0.15, 0.2) is 5.78 Å². The van der Waals surface area contributed by atoms with Crippen molar-refractivity contribution in [2.45, 2.75) is 45.1 Å². The summed E-state index contributed by atoms with van der Waals surface area (Å²) in [6, 6.07) is 5.32. The molecule has 1 fully saturated rings. The second-order valence-corrected chi connectivity index (χ2v) is 6.79. The number of hydrogen-bond acceptors (Lipinski definition) is 2. The van der Waals surface area contributed by atoms with Gasteiger partial charge >= 0.3 is 0 Å². The Hall–Kier alpha value is -0.570. The zero-order valence-electron chi connectivity index (χ0n) is 12.1. The average molecular weight is 314 g/mol. The molecule has 0 aliphatic carbocycles. The Morgan fingerprint density at radius 1 is 1.20 bits per heavy atom. The number of halogens is 2. The van der Waals surface area contributed by atoms with Gasteiger partial charge in [0.25, 0.3) is 0 Å². The molecule has 0 radical (unpaired) electrons. The van der Waals surface area contributed by atoms with Crippen molar-refractivity contribution in [1.29, 1.82) is 0 Å². The highest BCUT2D eigenvalue weighted by Gasteiger charge is 2.34. The number of carbonyl (C=O) groups excluding carboxylic acids is 1. The first-order valence-corrected chi connectivity index (χ1v) is 7.89. The summed E-state index contributed by atoms with van der Waals surface area (Å²) in [6.07, 6.45) is 3.99. The SMILES string of the molecule is CC(C)(C(=O)Cc1ccc(Cl)cc1Cl)N1CCCCC1. The summed E-state index contributed by atoms with van der Waals surface area (Å²) in [7, 11) is 0. The minimum Gasteiger partial charge on any atom is -0.297 e. The second-order valence-electron chi connectivity index (χ2n) is 5.94. The molecule has 20 heavy (non-hydrogen) atoms. The minimum absolute atomic E-state index is 0.212. The van der Waals surface area contributed by atoms with Gasteiger partial charge in [-0.15, -0.1) is 0 Å². The van der Waals surface area contributed by atoms with Gasteiger partial charge in [-0.1, -0.05) is 35.7 Å². The molecule has 1 aliphatic rings. The van der Waals surface area contributed by atoms with E-state index in [1.54, 1.807) is 12.1 Å². The molecule has 1 aromatic rings. The molecule has 0 aromatic heterocycles. The maximum absolute atomic E-state index is 12.6. The lowest BCUT2D eigenvalue weighted by atomic mass is 9.90. The van der Waals surface area contributed by atoms with E-state index < -0.39 is 5.54 Å². The third-order valence-corrected chi connectivity index (χ3v) is 4.78. The van der Waals surface area contributed by atoms with Crippen LogP contribution in [0, 0.1) is 0 Å². The fourth-order valence-electron chi connectivity index (χ4n) is 2.68. The maximum atomic E-state index is 12.6. The summed E-state index contributed by atoms with van der Waals surface area (Å²) in [4.78, 5) is 14.9. The summed E-state index contributed by atoms with van der Waals surface area (Å²) >= 11 is 12.0. The van der Waals surface area contributed by atoms with Crippen LogP contribution in [-0.4, -0.2) is 29.3 Å². The van der Waals surface area contributed by atoms with E-state index in [4.69, 9.17) is 23.2 Å². The number of nitrogens with zero attached hydrogens (tertiary/aromatic N) is 1. The highest BCUT2D eigenvalue weighted by Crippen LogP contribution is 2.26. The van der Waals surface area contributed by atoms with Gasteiger partial charge in [0.05, 0.1) is 5.54 Å². The van der Waals surface area contributed by atoms with Crippen LogP contribution in [0.15, 0.2) is 18.2 Å². The second kappa shape index (κ2) is 6.46. The molecule has 0 bridgehead atoms. The van der Waals surface area contributed by atoms with Crippen LogP contribution in [0.1, 0.15) is 38.7 Å². The average Bonchev–Trinajstić information content (AvgIpc) is 2.42. The van der Waals surface area contributed by atoms with Crippen LogP contribution >= 0.6 is 23.2 Å². The number of Topliss-reactive ketones (excluding diaryl/α,β-unsaturated/α-hetero) is 1. The van der Waals surface area contributed by atoms with Crippen molar-refractivity contribution in [3.8, 4) is 0 Å². The van der Waals surface area contributed by atoms with Crippen LogP contribution in [0.4, 0.5) is 0 Å². The van der Waals surface area contributed by atoms with E-state index in [2.05, 4.69) is 4.90 Å². The van der Waals surface area contributed by atoms with Crippen LogP contribution in [0.3, 0.4) is 0 Å². The number of carbonyl (C=O) groups is 1. The molecule has 0 N–H and O–H groups in total. The normalized spacial score (nSPS) is 17.2. The van der Waals surface area contributed by atoms with Gasteiger partial charge in [0.2, 0.25) is 0 Å². The molecule has 0 spiro atoms. The Morgan fingerprint density at radius 3 is 2.45 bits per heavy atom. The molecule has 2 rings (SSSR count). The first-order valence-electron chi connectivity index (χ1n) is 7.13. The van der Waals surface area contributed by atoms with Crippen LogP contribution < -0.4 is 0 Å². The van der Waals surface area contributed by atoms with Crippen LogP contribution in [0.2, 0.25) is 10.0 Å². The van der Waals surface area contributed by atoms with E-state index in [9.17, 15) is 4.79 Å². The zero-order chi connectivity index (χ0) is 14.8. The number of benzene rings is 1. The number of piperidine rings is 1. The van der Waals surface area contributed by atoms with Gasteiger partial charge in [0.1, 0.15) is 0 Å². The molecule has 0 amide bonds. The first kappa shape index (κ1) is 15.8. The van der Waals surface area contributed by atoms with Crippen molar-refractivity contribution in [3.05, 3.63) is 33.8 Å². The van der Waals surface area contributed by atoms with Gasteiger partial charge in [-0.3, -0.25) is 9.69 Å². The molecule has 1 saturated heterocycles. The topological polar surface area (TPSA) is 20.3 Å². The Morgan fingerprint density at radius 2 is 1.85 bits per heavy atom. The lowest BCUT2D eigenvalue weighted by Crippen LogP contribution is -2.52. The monoisotopic (exact) mass is 313 g/mol. The van der Waals surface area contributed by atoms with Crippen molar-refractivity contribution in [3.63, 3.8) is 0 Å². The molecule has 2 nitrogen and oxygen atoms in total. The molecular weight excluding hydrogens is 293 g/mol. The van der Waals surface area contributed by atoms with E-state index in [-0.39, 0.29) is 5.78 Å². The minimum atomic E-state index is -0.427.